The fraction of sp³-hybridized carbons (Fsp3) is 0.567. The first kappa shape index (κ1) is 29.9. The molecule has 0 saturated carbocycles. The molecule has 32 heavy (non-hydrogen) atoms. The van der Waals surface area contributed by atoms with Gasteiger partial charge < -0.3 is 9.90 Å². The van der Waals surface area contributed by atoms with E-state index in [1.807, 2.05) is 0 Å². The predicted molar refractivity (Wildman–Crippen MR) is 139 cm³/mol. The van der Waals surface area contributed by atoms with Crippen molar-refractivity contribution >= 4 is 5.97 Å². The highest BCUT2D eigenvalue weighted by Crippen LogP contribution is 2.10. The van der Waals surface area contributed by atoms with Crippen molar-refractivity contribution < 1.29 is 9.90 Å². The van der Waals surface area contributed by atoms with Gasteiger partial charge in [0, 0.05) is 5.97 Å². The summed E-state index contributed by atoms with van der Waals surface area (Å²) in [7, 11) is 0. The van der Waals surface area contributed by atoms with E-state index in [0.717, 1.165) is 57.8 Å². The molecule has 180 valence electrons. The maximum atomic E-state index is 10.3. The highest BCUT2D eigenvalue weighted by molar-refractivity contribution is 5.64. The lowest BCUT2D eigenvalue weighted by molar-refractivity contribution is -0.305. The fourth-order valence-electron chi connectivity index (χ4n) is 3.23. The Balaban J connectivity index is 3.39. The van der Waals surface area contributed by atoms with Crippen molar-refractivity contribution in [3.8, 4) is 0 Å². The van der Waals surface area contributed by atoms with Crippen LogP contribution in [0.5, 0.6) is 0 Å². The molecule has 0 saturated heterocycles. The third-order valence-corrected chi connectivity index (χ3v) is 5.10. The van der Waals surface area contributed by atoms with Crippen molar-refractivity contribution in [1.29, 1.82) is 0 Å². The number of hydrogen-bond donors (Lipinski definition) is 0. The quantitative estimate of drug-likeness (QED) is 0.126. The van der Waals surface area contributed by atoms with E-state index >= 15 is 0 Å². The SMILES string of the molecule is CC/C=C\C/C=C\C/C=C\C/C=C\C/C=C\C/C=C\CCCCCCCCCCC(=O)[O-]. The lowest BCUT2D eigenvalue weighted by Gasteiger charge is -2.02. The monoisotopic (exact) mass is 439 g/mol. The van der Waals surface area contributed by atoms with Gasteiger partial charge in [0.05, 0.1) is 0 Å². The second-order valence-corrected chi connectivity index (χ2v) is 8.15. The molecule has 0 spiro atoms. The van der Waals surface area contributed by atoms with Gasteiger partial charge in [0.1, 0.15) is 0 Å². The van der Waals surface area contributed by atoms with Gasteiger partial charge in [0.2, 0.25) is 0 Å². The zero-order valence-corrected chi connectivity index (χ0v) is 20.6. The maximum absolute atomic E-state index is 10.3. The maximum Gasteiger partial charge on any atom is 0.0414 e. The van der Waals surface area contributed by atoms with E-state index < -0.39 is 5.97 Å². The van der Waals surface area contributed by atoms with Gasteiger partial charge in [-0.1, -0.05) is 118 Å². The molecule has 0 heterocycles. The molecule has 0 aromatic heterocycles. The average Bonchev–Trinajstić information content (AvgIpc) is 2.78. The van der Waals surface area contributed by atoms with Gasteiger partial charge in [0.15, 0.2) is 0 Å². The van der Waals surface area contributed by atoms with E-state index in [1.165, 1.54) is 38.5 Å². The molecule has 0 atom stereocenters. The van der Waals surface area contributed by atoms with Gasteiger partial charge in [-0.2, -0.15) is 0 Å². The summed E-state index contributed by atoms with van der Waals surface area (Å²) in [5, 5.41) is 10.3. The molecule has 0 bridgehead atoms. The van der Waals surface area contributed by atoms with Crippen LogP contribution >= 0.6 is 0 Å². The van der Waals surface area contributed by atoms with E-state index in [1.54, 1.807) is 0 Å². The first-order valence-corrected chi connectivity index (χ1v) is 12.9. The van der Waals surface area contributed by atoms with E-state index in [0.29, 0.717) is 0 Å². The van der Waals surface area contributed by atoms with E-state index in [2.05, 4.69) is 79.8 Å². The Hall–Kier alpha value is -2.09. The minimum atomic E-state index is -0.917. The summed E-state index contributed by atoms with van der Waals surface area (Å²) in [6, 6.07) is 0. The smallest absolute Gasteiger partial charge is 0.0414 e. The number of rotatable bonds is 22. The van der Waals surface area contributed by atoms with Crippen molar-refractivity contribution in [3.05, 3.63) is 72.9 Å². The van der Waals surface area contributed by atoms with Crippen LogP contribution in [-0.2, 0) is 4.79 Å². The third-order valence-electron chi connectivity index (χ3n) is 5.10. The molecule has 0 aliphatic rings. The number of hydrogen-bond acceptors (Lipinski definition) is 2. The molecular weight excluding hydrogens is 392 g/mol. The molecule has 0 radical (unpaired) electrons. The van der Waals surface area contributed by atoms with Crippen LogP contribution in [-0.4, -0.2) is 5.97 Å². The molecule has 0 rings (SSSR count). The van der Waals surface area contributed by atoms with Crippen LogP contribution in [0.3, 0.4) is 0 Å². The molecular formula is C30H47O2-. The largest absolute Gasteiger partial charge is 0.550 e. The number of carbonyl (C=O) groups excluding carboxylic acids is 1. The number of aliphatic carboxylic acids is 1. The van der Waals surface area contributed by atoms with Gasteiger partial charge in [0.25, 0.3) is 0 Å². The van der Waals surface area contributed by atoms with Gasteiger partial charge in [-0.25, -0.2) is 0 Å². The average molecular weight is 440 g/mol. The van der Waals surface area contributed by atoms with Crippen molar-refractivity contribution in [1.82, 2.24) is 0 Å². The zero-order chi connectivity index (χ0) is 23.4. The summed E-state index contributed by atoms with van der Waals surface area (Å²) in [5.74, 6) is -0.917. The van der Waals surface area contributed by atoms with Gasteiger partial charge in [-0.3, -0.25) is 0 Å². The zero-order valence-electron chi connectivity index (χ0n) is 20.6. The summed E-state index contributed by atoms with van der Waals surface area (Å²) in [6.45, 7) is 2.16. The minimum absolute atomic E-state index is 0.214. The number of carbonyl (C=O) groups is 1. The number of carboxylic acid groups (broad SMARTS) is 1. The molecule has 2 heteroatoms. The Morgan fingerprint density at radius 1 is 0.500 bits per heavy atom. The van der Waals surface area contributed by atoms with Crippen molar-refractivity contribution in [3.63, 3.8) is 0 Å². The fourth-order valence-corrected chi connectivity index (χ4v) is 3.23. The second-order valence-electron chi connectivity index (χ2n) is 8.15. The van der Waals surface area contributed by atoms with Crippen LogP contribution in [0.2, 0.25) is 0 Å². The van der Waals surface area contributed by atoms with Crippen LogP contribution in [0.25, 0.3) is 0 Å². The van der Waals surface area contributed by atoms with Crippen LogP contribution in [0.4, 0.5) is 0 Å². The first-order valence-electron chi connectivity index (χ1n) is 12.9. The summed E-state index contributed by atoms with van der Waals surface area (Å²) in [5.41, 5.74) is 0. The van der Waals surface area contributed by atoms with Gasteiger partial charge in [-0.05, 0) is 64.2 Å². The normalized spacial score (nSPS) is 12.8. The lowest BCUT2D eigenvalue weighted by atomic mass is 10.1. The van der Waals surface area contributed by atoms with Crippen LogP contribution in [0, 0.1) is 0 Å². The Morgan fingerprint density at radius 3 is 1.25 bits per heavy atom. The molecule has 0 aliphatic carbocycles. The van der Waals surface area contributed by atoms with Crippen LogP contribution in [0.1, 0.15) is 110 Å². The van der Waals surface area contributed by atoms with Gasteiger partial charge in [-0.15, -0.1) is 0 Å². The van der Waals surface area contributed by atoms with Crippen LogP contribution < -0.4 is 5.11 Å². The Morgan fingerprint density at radius 2 is 0.844 bits per heavy atom. The Bertz CT molecular complexity index is 576. The topological polar surface area (TPSA) is 40.1 Å². The van der Waals surface area contributed by atoms with Crippen molar-refractivity contribution in [2.24, 2.45) is 0 Å². The standard InChI is InChI=1S/C30H48O2/c1-2-3-4-5-6-7-8-9-10-11-12-13-14-15-16-17-18-19-20-21-22-23-24-25-26-27-28-29-30(31)32/h3-4,6-7,9-10,12-13,15-16,18-19H,2,5,8,11,14,17,20-29H2,1H3,(H,31,32)/p-1/b4-3-,7-6-,10-9-,13-12-,16-15-,19-18-. The predicted octanol–water partition coefficient (Wildman–Crippen LogP) is 8.34. The highest BCUT2D eigenvalue weighted by atomic mass is 16.4. The Kier molecular flexibility index (Phi) is 25.2. The number of carboxylic acids is 1. The molecule has 0 amide bonds. The molecule has 0 N–H and O–H groups in total. The first-order chi connectivity index (χ1) is 15.8. The summed E-state index contributed by atoms with van der Waals surface area (Å²) in [4.78, 5) is 10.3. The van der Waals surface area contributed by atoms with Gasteiger partial charge >= 0.3 is 0 Å². The van der Waals surface area contributed by atoms with Crippen molar-refractivity contribution in [2.75, 3.05) is 0 Å². The summed E-state index contributed by atoms with van der Waals surface area (Å²) < 4.78 is 0. The van der Waals surface area contributed by atoms with E-state index in [4.69, 9.17) is 0 Å². The second kappa shape index (κ2) is 26.9. The lowest BCUT2D eigenvalue weighted by Crippen LogP contribution is -2.21. The number of unbranched alkanes of at least 4 members (excludes halogenated alkanes) is 8. The number of allylic oxidation sites excluding steroid dienone is 12. The summed E-state index contributed by atoms with van der Waals surface area (Å²) >= 11 is 0. The molecule has 2 nitrogen and oxygen atoms in total. The molecule has 0 aromatic rings. The summed E-state index contributed by atoms with van der Waals surface area (Å²) in [6.07, 6.45) is 43.8. The van der Waals surface area contributed by atoms with E-state index in [9.17, 15) is 9.90 Å². The molecule has 0 fully saturated rings. The molecule has 0 aliphatic heterocycles. The minimum Gasteiger partial charge on any atom is -0.550 e. The third kappa shape index (κ3) is 27.9. The molecule has 0 aromatic carbocycles. The van der Waals surface area contributed by atoms with Crippen molar-refractivity contribution in [2.45, 2.75) is 110 Å². The van der Waals surface area contributed by atoms with Crippen LogP contribution in [0.15, 0.2) is 72.9 Å². The highest BCUT2D eigenvalue weighted by Gasteiger charge is 1.92. The molecule has 0 unspecified atom stereocenters. The Labute approximate surface area is 198 Å². The van der Waals surface area contributed by atoms with E-state index in [-0.39, 0.29) is 6.42 Å².